The van der Waals surface area contributed by atoms with Crippen LogP contribution in [0.4, 0.5) is 0 Å². The van der Waals surface area contributed by atoms with Crippen molar-refractivity contribution in [3.05, 3.63) is 60.4 Å². The molecule has 0 aliphatic carbocycles. The van der Waals surface area contributed by atoms with Gasteiger partial charge in [0.05, 0.1) is 21.3 Å². The third kappa shape index (κ3) is 13.2. The molecule has 0 spiro atoms. The number of nitrogens with zero attached hydrogens (tertiary/aromatic N) is 1. The van der Waals surface area contributed by atoms with E-state index in [4.69, 9.17) is 14.2 Å². The number of methoxy groups -OCH3 is 3. The van der Waals surface area contributed by atoms with Gasteiger partial charge in [0.1, 0.15) is 5.76 Å². The summed E-state index contributed by atoms with van der Waals surface area (Å²) in [5.41, 5.74) is 4.06. The molecule has 1 aliphatic rings. The summed E-state index contributed by atoms with van der Waals surface area (Å²) in [4.78, 5) is 2.62. The lowest BCUT2D eigenvalue weighted by Crippen LogP contribution is -2.34. The van der Waals surface area contributed by atoms with Gasteiger partial charge in [-0.25, -0.2) is 0 Å². The molecule has 0 amide bonds. The minimum absolute atomic E-state index is 0.836. The van der Waals surface area contributed by atoms with E-state index in [0.717, 1.165) is 49.1 Å². The Bertz CT molecular complexity index is 726. The van der Waals surface area contributed by atoms with E-state index >= 15 is 0 Å². The van der Waals surface area contributed by atoms with Crippen molar-refractivity contribution in [3.8, 4) is 11.5 Å². The summed E-state index contributed by atoms with van der Waals surface area (Å²) in [5.74, 6) is 3.44. The van der Waals surface area contributed by atoms with Gasteiger partial charge < -0.3 is 14.2 Å². The summed E-state index contributed by atoms with van der Waals surface area (Å²) in [6, 6.07) is 4.32. The van der Waals surface area contributed by atoms with E-state index in [-0.39, 0.29) is 0 Å². The zero-order chi connectivity index (χ0) is 27.9. The van der Waals surface area contributed by atoms with E-state index in [1.165, 1.54) is 55.3 Å². The van der Waals surface area contributed by atoms with Crippen LogP contribution in [0.15, 0.2) is 49.3 Å². The molecule has 1 unspecified atom stereocenters. The van der Waals surface area contributed by atoms with Crippen molar-refractivity contribution in [2.75, 3.05) is 34.4 Å². The molecule has 1 aromatic rings. The highest BCUT2D eigenvalue weighted by atomic mass is 16.5. The highest BCUT2D eigenvalue weighted by Crippen LogP contribution is 2.33. The Kier molecular flexibility index (Phi) is 23.2. The molecule has 4 heteroatoms. The van der Waals surface area contributed by atoms with Gasteiger partial charge in [-0.3, -0.25) is 4.90 Å². The van der Waals surface area contributed by atoms with Gasteiger partial charge in [-0.2, -0.15) is 0 Å². The monoisotopic (exact) mass is 503 g/mol. The standard InChI is InChI=1S/C20H33NO2.C8H14O.C2H6.C2H4/c1-5-7-8-9-16(6-2)14-21-11-10-17-12-19(22-3)20(23-4)13-18(17)15-21;1-5-7(3)8(6-2)9-4;2*1-2/h12-13,16H,5-11,14-15H2,1-4H3;6H,2,5H2,1,3-4H3;1-2H3;1-2H2/b;8-7-;;. The Morgan fingerprint density at radius 2 is 1.58 bits per heavy atom. The van der Waals surface area contributed by atoms with E-state index in [1.54, 1.807) is 27.4 Å². The molecule has 0 fully saturated rings. The first-order valence-electron chi connectivity index (χ1n) is 13.8. The second-order valence-electron chi connectivity index (χ2n) is 8.64. The highest BCUT2D eigenvalue weighted by molar-refractivity contribution is 5.48. The number of hydrogen-bond donors (Lipinski definition) is 0. The van der Waals surface area contributed by atoms with Crippen LogP contribution in [0.25, 0.3) is 0 Å². The smallest absolute Gasteiger partial charge is 0.161 e. The third-order valence-electron chi connectivity index (χ3n) is 6.46. The highest BCUT2D eigenvalue weighted by Gasteiger charge is 2.21. The lowest BCUT2D eigenvalue weighted by Gasteiger charge is -2.32. The predicted molar refractivity (Wildman–Crippen MR) is 159 cm³/mol. The van der Waals surface area contributed by atoms with Gasteiger partial charge in [-0.05, 0) is 67.0 Å². The number of ether oxygens (including phenoxy) is 3. The number of hydrogen-bond acceptors (Lipinski definition) is 4. The molecule has 2 rings (SSSR count). The number of unbranched alkanes of at least 4 members (excludes halogenated alkanes) is 2. The molecule has 208 valence electrons. The lowest BCUT2D eigenvalue weighted by atomic mass is 9.94. The second-order valence-corrected chi connectivity index (χ2v) is 8.64. The Hall–Kier alpha value is -2.20. The fourth-order valence-corrected chi connectivity index (χ4v) is 4.18. The maximum atomic E-state index is 5.46. The second kappa shape index (κ2) is 23.2. The molecule has 0 bridgehead atoms. The van der Waals surface area contributed by atoms with Crippen LogP contribution in [0.1, 0.15) is 91.2 Å². The summed E-state index contributed by atoms with van der Waals surface area (Å²) in [5, 5.41) is 0. The number of fused-ring (bicyclic) bond motifs is 1. The average Bonchev–Trinajstić information content (AvgIpc) is 2.94. The Morgan fingerprint density at radius 1 is 1.00 bits per heavy atom. The summed E-state index contributed by atoms with van der Waals surface area (Å²) in [6.07, 6.45) is 10.6. The molecule has 0 saturated carbocycles. The molecule has 36 heavy (non-hydrogen) atoms. The van der Waals surface area contributed by atoms with Crippen molar-refractivity contribution < 1.29 is 14.2 Å². The average molecular weight is 504 g/mol. The van der Waals surface area contributed by atoms with Crippen LogP contribution in [0.3, 0.4) is 0 Å². The molecule has 0 saturated heterocycles. The quantitative estimate of drug-likeness (QED) is 0.123. The summed E-state index contributed by atoms with van der Waals surface area (Å²) < 4.78 is 15.9. The van der Waals surface area contributed by atoms with Gasteiger partial charge >= 0.3 is 0 Å². The van der Waals surface area contributed by atoms with Crippen LogP contribution in [0.2, 0.25) is 0 Å². The number of benzene rings is 1. The van der Waals surface area contributed by atoms with Crippen LogP contribution >= 0.6 is 0 Å². The van der Waals surface area contributed by atoms with E-state index in [9.17, 15) is 0 Å². The Balaban J connectivity index is 0. The first-order chi connectivity index (χ1) is 17.5. The van der Waals surface area contributed by atoms with Gasteiger partial charge in [-0.15, -0.1) is 13.2 Å². The SMILES string of the molecule is C=C.C=C/C(OC)=C(\C)CC.CC.CCCCCC(CC)CN1CCc2cc(OC)c(OC)cc2C1. The number of rotatable bonds is 12. The van der Waals surface area contributed by atoms with Crippen molar-refractivity contribution in [1.82, 2.24) is 4.90 Å². The first kappa shape index (κ1) is 36.0. The molecular weight excluding hydrogens is 446 g/mol. The topological polar surface area (TPSA) is 30.9 Å². The largest absolute Gasteiger partial charge is 0.497 e. The molecular formula is C32H57NO3. The van der Waals surface area contributed by atoms with E-state index in [1.807, 2.05) is 20.8 Å². The lowest BCUT2D eigenvalue weighted by molar-refractivity contribution is 0.202. The molecule has 0 aromatic heterocycles. The molecule has 1 aromatic carbocycles. The summed E-state index contributed by atoms with van der Waals surface area (Å²) in [6.45, 7) is 25.8. The van der Waals surface area contributed by atoms with Crippen LogP contribution in [-0.2, 0) is 17.7 Å². The van der Waals surface area contributed by atoms with Gasteiger partial charge in [0.25, 0.3) is 0 Å². The van der Waals surface area contributed by atoms with E-state index in [2.05, 4.69) is 57.5 Å². The van der Waals surface area contributed by atoms with Crippen molar-refractivity contribution in [3.63, 3.8) is 0 Å². The van der Waals surface area contributed by atoms with Gasteiger partial charge in [0.2, 0.25) is 0 Å². The fraction of sp³-hybridized carbons (Fsp3) is 0.625. The van der Waals surface area contributed by atoms with Gasteiger partial charge in [0, 0.05) is 19.6 Å². The van der Waals surface area contributed by atoms with Crippen molar-refractivity contribution in [2.45, 2.75) is 93.0 Å². The molecule has 4 nitrogen and oxygen atoms in total. The van der Waals surface area contributed by atoms with E-state index in [0.29, 0.717) is 0 Å². The fourth-order valence-electron chi connectivity index (χ4n) is 4.18. The minimum atomic E-state index is 0.836. The predicted octanol–water partition coefficient (Wildman–Crippen LogP) is 9.00. The third-order valence-corrected chi connectivity index (χ3v) is 6.46. The molecule has 1 heterocycles. The van der Waals surface area contributed by atoms with Crippen molar-refractivity contribution in [2.24, 2.45) is 5.92 Å². The van der Waals surface area contributed by atoms with E-state index < -0.39 is 0 Å². The zero-order valence-corrected chi connectivity index (χ0v) is 25.2. The van der Waals surface area contributed by atoms with Gasteiger partial charge in [-0.1, -0.05) is 66.9 Å². The first-order valence-corrected chi connectivity index (χ1v) is 13.8. The minimum Gasteiger partial charge on any atom is -0.497 e. The summed E-state index contributed by atoms with van der Waals surface area (Å²) in [7, 11) is 5.09. The molecule has 1 aliphatic heterocycles. The Labute approximate surface area is 224 Å². The Morgan fingerprint density at radius 3 is 2.00 bits per heavy atom. The number of allylic oxidation sites excluding steroid dienone is 2. The normalized spacial score (nSPS) is 13.6. The van der Waals surface area contributed by atoms with Gasteiger partial charge in [0.15, 0.2) is 11.5 Å². The maximum Gasteiger partial charge on any atom is 0.161 e. The van der Waals surface area contributed by atoms with Crippen LogP contribution in [0, 0.1) is 5.92 Å². The van der Waals surface area contributed by atoms with Crippen LogP contribution in [0.5, 0.6) is 11.5 Å². The summed E-state index contributed by atoms with van der Waals surface area (Å²) >= 11 is 0. The molecule has 1 atom stereocenters. The maximum absolute atomic E-state index is 5.46. The van der Waals surface area contributed by atoms with Crippen LogP contribution < -0.4 is 9.47 Å². The molecule has 0 radical (unpaired) electrons. The zero-order valence-electron chi connectivity index (χ0n) is 25.2. The van der Waals surface area contributed by atoms with Crippen molar-refractivity contribution >= 4 is 0 Å². The molecule has 0 N–H and O–H groups in total. The van der Waals surface area contributed by atoms with Crippen molar-refractivity contribution in [1.29, 1.82) is 0 Å². The van der Waals surface area contributed by atoms with Crippen LogP contribution in [-0.4, -0.2) is 39.3 Å².